The Morgan fingerprint density at radius 1 is 0.365 bits per heavy atom. The number of rotatable bonds is 5. The lowest BCUT2D eigenvalue weighted by molar-refractivity contribution is 0.598. The number of fused-ring (bicyclic) bond motifs is 6. The Labute approximate surface area is 299 Å². The fourth-order valence-corrected chi connectivity index (χ4v) is 8.78. The summed E-state index contributed by atoms with van der Waals surface area (Å²) in [6.45, 7) is 0. The molecular formula is C45H27N3O3S. The molecule has 0 unspecified atom stereocenters. The number of sulfone groups is 1. The van der Waals surface area contributed by atoms with Gasteiger partial charge in [-0.15, -0.1) is 0 Å². The molecule has 3 heterocycles. The molecule has 1 aliphatic rings. The summed E-state index contributed by atoms with van der Waals surface area (Å²) in [5, 5.41) is 1.95. The van der Waals surface area contributed by atoms with Crippen LogP contribution in [0.15, 0.2) is 178 Å². The van der Waals surface area contributed by atoms with Crippen LogP contribution in [0, 0.1) is 0 Å². The molecular weight excluding hydrogens is 663 g/mol. The molecule has 1 aliphatic heterocycles. The van der Waals surface area contributed by atoms with Crippen LogP contribution in [-0.2, 0) is 9.84 Å². The predicted molar refractivity (Wildman–Crippen MR) is 205 cm³/mol. The van der Waals surface area contributed by atoms with E-state index in [2.05, 4.69) is 36.4 Å². The Hall–Kier alpha value is -6.70. The average Bonchev–Trinajstić information content (AvgIpc) is 3.69. The van der Waals surface area contributed by atoms with E-state index in [1.807, 2.05) is 109 Å². The molecule has 0 saturated heterocycles. The normalized spacial score (nSPS) is 12.9. The Kier molecular flexibility index (Phi) is 6.78. The summed E-state index contributed by atoms with van der Waals surface area (Å²) in [7, 11) is -3.52. The lowest BCUT2D eigenvalue weighted by atomic mass is 9.95. The topological polar surface area (TPSA) is 86.0 Å². The number of hydrogen-bond donors (Lipinski definition) is 0. The van der Waals surface area contributed by atoms with Gasteiger partial charge in [-0.1, -0.05) is 109 Å². The van der Waals surface area contributed by atoms with Crippen molar-refractivity contribution in [3.05, 3.63) is 164 Å². The summed E-state index contributed by atoms with van der Waals surface area (Å²) < 4.78 is 32.6. The number of furan rings is 1. The third kappa shape index (κ3) is 4.93. The molecule has 6 nitrogen and oxygen atoms in total. The number of benzene rings is 7. The zero-order valence-corrected chi connectivity index (χ0v) is 28.4. The summed E-state index contributed by atoms with van der Waals surface area (Å²) in [6.07, 6.45) is 0. The molecule has 0 saturated carbocycles. The monoisotopic (exact) mass is 689 g/mol. The van der Waals surface area contributed by atoms with Crippen molar-refractivity contribution in [3.63, 3.8) is 0 Å². The van der Waals surface area contributed by atoms with E-state index in [1.165, 1.54) is 0 Å². The summed E-state index contributed by atoms with van der Waals surface area (Å²) >= 11 is 0. The lowest BCUT2D eigenvalue weighted by Crippen LogP contribution is -2.00. The van der Waals surface area contributed by atoms with Crippen molar-refractivity contribution in [1.82, 2.24) is 15.0 Å². The van der Waals surface area contributed by atoms with Gasteiger partial charge in [-0.3, -0.25) is 0 Å². The van der Waals surface area contributed by atoms with Gasteiger partial charge in [0.1, 0.15) is 11.2 Å². The van der Waals surface area contributed by atoms with Gasteiger partial charge in [0, 0.05) is 38.6 Å². The van der Waals surface area contributed by atoms with Crippen LogP contribution < -0.4 is 0 Å². The van der Waals surface area contributed by atoms with Crippen molar-refractivity contribution in [1.29, 1.82) is 0 Å². The maximum absolute atomic E-state index is 13.2. The quantitative estimate of drug-likeness (QED) is 0.179. The van der Waals surface area contributed by atoms with Gasteiger partial charge in [0.05, 0.1) is 9.79 Å². The van der Waals surface area contributed by atoms with E-state index in [-0.39, 0.29) is 0 Å². The van der Waals surface area contributed by atoms with Crippen molar-refractivity contribution in [2.24, 2.45) is 0 Å². The summed E-state index contributed by atoms with van der Waals surface area (Å²) in [4.78, 5) is 15.4. The van der Waals surface area contributed by atoms with Gasteiger partial charge in [0.15, 0.2) is 17.5 Å². The van der Waals surface area contributed by atoms with Gasteiger partial charge in [0.2, 0.25) is 9.84 Å². The number of aromatic nitrogens is 3. The lowest BCUT2D eigenvalue weighted by Gasteiger charge is -2.09. The highest BCUT2D eigenvalue weighted by molar-refractivity contribution is 7.92. The largest absolute Gasteiger partial charge is 0.456 e. The Balaban J connectivity index is 1.06. The molecule has 0 spiro atoms. The zero-order valence-electron chi connectivity index (χ0n) is 27.6. The van der Waals surface area contributed by atoms with E-state index < -0.39 is 9.84 Å². The van der Waals surface area contributed by atoms with Gasteiger partial charge in [-0.25, -0.2) is 23.4 Å². The molecule has 0 atom stereocenters. The van der Waals surface area contributed by atoms with Gasteiger partial charge >= 0.3 is 0 Å². The second kappa shape index (κ2) is 11.7. The third-order valence-corrected chi connectivity index (χ3v) is 11.6. The number of hydrogen-bond acceptors (Lipinski definition) is 6. The molecule has 0 fully saturated rings. The van der Waals surface area contributed by atoms with Crippen molar-refractivity contribution in [3.8, 4) is 67.5 Å². The fraction of sp³-hybridized carbons (Fsp3) is 0. The summed E-state index contributed by atoms with van der Waals surface area (Å²) in [6, 6.07) is 53.3. The first-order valence-electron chi connectivity index (χ1n) is 16.9. The van der Waals surface area contributed by atoms with Crippen LogP contribution in [0.5, 0.6) is 0 Å². The van der Waals surface area contributed by atoms with E-state index in [1.54, 1.807) is 18.2 Å². The van der Waals surface area contributed by atoms with Crippen molar-refractivity contribution in [2.45, 2.75) is 9.79 Å². The molecule has 52 heavy (non-hydrogen) atoms. The molecule has 0 bridgehead atoms. The van der Waals surface area contributed by atoms with E-state index in [9.17, 15) is 8.42 Å². The zero-order chi connectivity index (χ0) is 34.8. The fourth-order valence-electron chi connectivity index (χ4n) is 7.11. The van der Waals surface area contributed by atoms with Crippen LogP contribution in [0.2, 0.25) is 0 Å². The Bertz CT molecular complexity index is 2920. The van der Waals surface area contributed by atoms with Gasteiger partial charge in [-0.05, 0) is 76.9 Å². The standard InChI is InChI=1S/C45H27N3O3S/c49-52(50)41-17-8-7-16-35(41)38-26-33(20-23-42(38)52)31-15-9-14-30(24-31)32-18-21-39-36(25-32)37-27-34(19-22-40(37)51-39)45-47-43(28-10-3-1-4-11-28)46-44(48-45)29-12-5-2-6-13-29/h1-27H. The van der Waals surface area contributed by atoms with E-state index in [4.69, 9.17) is 19.4 Å². The van der Waals surface area contributed by atoms with Crippen molar-refractivity contribution in [2.75, 3.05) is 0 Å². The van der Waals surface area contributed by atoms with E-state index >= 15 is 0 Å². The molecule has 0 aliphatic carbocycles. The second-order valence-electron chi connectivity index (χ2n) is 12.9. The third-order valence-electron chi connectivity index (χ3n) is 9.69. The first-order chi connectivity index (χ1) is 25.5. The smallest absolute Gasteiger partial charge is 0.207 e. The van der Waals surface area contributed by atoms with Gasteiger partial charge in [-0.2, -0.15) is 0 Å². The van der Waals surface area contributed by atoms with Crippen LogP contribution in [0.3, 0.4) is 0 Å². The highest BCUT2D eigenvalue weighted by Gasteiger charge is 2.32. The first-order valence-corrected chi connectivity index (χ1v) is 18.4. The van der Waals surface area contributed by atoms with Crippen molar-refractivity contribution < 1.29 is 12.8 Å². The minimum atomic E-state index is -3.52. The Morgan fingerprint density at radius 2 is 0.827 bits per heavy atom. The summed E-state index contributed by atoms with van der Waals surface area (Å²) in [5.74, 6) is 1.80. The summed E-state index contributed by atoms with van der Waals surface area (Å²) in [5.41, 5.74) is 9.77. The molecule has 0 N–H and O–H groups in total. The van der Waals surface area contributed by atoms with Gasteiger partial charge in [0.25, 0.3) is 0 Å². The van der Waals surface area contributed by atoms with Crippen LogP contribution in [-0.4, -0.2) is 23.4 Å². The van der Waals surface area contributed by atoms with E-state index in [0.29, 0.717) is 27.3 Å². The van der Waals surface area contributed by atoms with E-state index in [0.717, 1.165) is 72.0 Å². The Morgan fingerprint density at radius 3 is 1.48 bits per heavy atom. The molecule has 10 rings (SSSR count). The first kappa shape index (κ1) is 30.2. The number of nitrogens with zero attached hydrogens (tertiary/aromatic N) is 3. The minimum Gasteiger partial charge on any atom is -0.456 e. The van der Waals surface area contributed by atoms with Crippen molar-refractivity contribution >= 4 is 31.8 Å². The highest BCUT2D eigenvalue weighted by atomic mass is 32.2. The average molecular weight is 690 g/mol. The molecule has 0 amide bonds. The second-order valence-corrected chi connectivity index (χ2v) is 14.7. The molecule has 9 aromatic rings. The molecule has 0 radical (unpaired) electrons. The SMILES string of the molecule is O=S1(=O)c2ccccc2-c2cc(-c3cccc(-c4ccc5oc6ccc(-c7nc(-c8ccccc8)nc(-c8ccccc8)n7)cc6c5c4)c3)ccc21. The highest BCUT2D eigenvalue weighted by Crippen LogP contribution is 2.45. The maximum Gasteiger partial charge on any atom is 0.207 e. The van der Waals surface area contributed by atoms with Crippen LogP contribution in [0.4, 0.5) is 0 Å². The van der Waals surface area contributed by atoms with Gasteiger partial charge < -0.3 is 4.42 Å². The molecule has 7 heteroatoms. The van der Waals surface area contributed by atoms with Crippen LogP contribution in [0.25, 0.3) is 89.5 Å². The van der Waals surface area contributed by atoms with Crippen LogP contribution in [0.1, 0.15) is 0 Å². The molecule has 7 aromatic carbocycles. The minimum absolute atomic E-state index is 0.356. The molecule has 2 aromatic heterocycles. The maximum atomic E-state index is 13.2. The predicted octanol–water partition coefficient (Wildman–Crippen LogP) is 10.9. The molecule has 246 valence electrons. The van der Waals surface area contributed by atoms with Crippen LogP contribution >= 0.6 is 0 Å².